The number of hydrogen-bond donors (Lipinski definition) is 1. The van der Waals surface area contributed by atoms with Gasteiger partial charge in [-0.3, -0.25) is 4.79 Å². The Balaban J connectivity index is 2.36. The lowest BCUT2D eigenvalue weighted by Crippen LogP contribution is -2.45. The number of likely N-dealkylation sites (tertiary alicyclic amines) is 1. The van der Waals surface area contributed by atoms with Crippen LogP contribution in [0.5, 0.6) is 0 Å². The predicted molar refractivity (Wildman–Crippen MR) is 62.7 cm³/mol. The number of nitrogens with one attached hydrogen (secondary N) is 1. The first kappa shape index (κ1) is 13.0. The van der Waals surface area contributed by atoms with Gasteiger partial charge in [0.05, 0.1) is 6.07 Å². The molecule has 1 amide bonds. The lowest BCUT2D eigenvalue weighted by atomic mass is 9.94. The van der Waals surface area contributed by atoms with E-state index in [1.807, 2.05) is 13.0 Å². The number of rotatable bonds is 4. The Kier molecular flexibility index (Phi) is 4.31. The number of carbonyl (C=O) groups is 1. The standard InChI is InChI=1S/C12H21N3O/c1-10(8-15-6-4-5-7-15)14-11(16)12(2,3)9-13/h10H,4-8H2,1-3H3,(H,14,16). The first-order chi connectivity index (χ1) is 7.45. The Morgan fingerprint density at radius 1 is 1.50 bits per heavy atom. The molecule has 1 atom stereocenters. The van der Waals surface area contributed by atoms with Crippen LogP contribution in [0.25, 0.3) is 0 Å². The molecule has 0 aliphatic carbocycles. The van der Waals surface area contributed by atoms with E-state index in [9.17, 15) is 4.79 Å². The second-order valence-electron chi connectivity index (χ2n) is 5.12. The van der Waals surface area contributed by atoms with Crippen molar-refractivity contribution in [3.05, 3.63) is 0 Å². The largest absolute Gasteiger partial charge is 0.351 e. The van der Waals surface area contributed by atoms with Crippen molar-refractivity contribution in [3.8, 4) is 6.07 Å². The maximum atomic E-state index is 11.7. The topological polar surface area (TPSA) is 56.1 Å². The Morgan fingerprint density at radius 2 is 2.06 bits per heavy atom. The van der Waals surface area contributed by atoms with Gasteiger partial charge < -0.3 is 10.2 Å². The molecule has 0 aromatic carbocycles. The van der Waals surface area contributed by atoms with Crippen LogP contribution >= 0.6 is 0 Å². The van der Waals surface area contributed by atoms with E-state index in [1.165, 1.54) is 12.8 Å². The van der Waals surface area contributed by atoms with Crippen LogP contribution in [0.3, 0.4) is 0 Å². The second kappa shape index (κ2) is 5.31. The molecule has 0 aromatic heterocycles. The average molecular weight is 223 g/mol. The van der Waals surface area contributed by atoms with Crippen LogP contribution in [0.15, 0.2) is 0 Å². The van der Waals surface area contributed by atoms with Crippen LogP contribution < -0.4 is 5.32 Å². The summed E-state index contributed by atoms with van der Waals surface area (Å²) < 4.78 is 0. The number of nitrogens with zero attached hydrogens (tertiary/aromatic N) is 2. The molecule has 0 bridgehead atoms. The van der Waals surface area contributed by atoms with Crippen LogP contribution in [-0.4, -0.2) is 36.5 Å². The Morgan fingerprint density at radius 3 is 2.56 bits per heavy atom. The maximum absolute atomic E-state index is 11.7. The van der Waals surface area contributed by atoms with Gasteiger partial charge in [0.1, 0.15) is 5.41 Å². The molecule has 1 fully saturated rings. The van der Waals surface area contributed by atoms with Gasteiger partial charge in [-0.2, -0.15) is 5.26 Å². The van der Waals surface area contributed by atoms with E-state index in [0.717, 1.165) is 19.6 Å². The van der Waals surface area contributed by atoms with Crippen LogP contribution in [0.1, 0.15) is 33.6 Å². The van der Waals surface area contributed by atoms with Crippen LogP contribution in [0, 0.1) is 16.7 Å². The summed E-state index contributed by atoms with van der Waals surface area (Å²) in [6.45, 7) is 8.41. The van der Waals surface area contributed by atoms with Crippen LogP contribution in [0.2, 0.25) is 0 Å². The van der Waals surface area contributed by atoms with Crippen molar-refractivity contribution < 1.29 is 4.79 Å². The van der Waals surface area contributed by atoms with Gasteiger partial charge in [-0.25, -0.2) is 0 Å². The fourth-order valence-electron chi connectivity index (χ4n) is 1.85. The minimum absolute atomic E-state index is 0.109. The predicted octanol–water partition coefficient (Wildman–Crippen LogP) is 1.14. The van der Waals surface area contributed by atoms with Gasteiger partial charge in [0.2, 0.25) is 5.91 Å². The van der Waals surface area contributed by atoms with Crippen molar-refractivity contribution in [2.24, 2.45) is 5.41 Å². The number of hydrogen-bond acceptors (Lipinski definition) is 3. The zero-order valence-corrected chi connectivity index (χ0v) is 10.4. The fraction of sp³-hybridized carbons (Fsp3) is 0.833. The first-order valence-corrected chi connectivity index (χ1v) is 5.90. The molecule has 0 aromatic rings. The van der Waals surface area contributed by atoms with E-state index in [2.05, 4.69) is 10.2 Å². The molecule has 1 aliphatic heterocycles. The molecule has 1 unspecified atom stereocenters. The van der Waals surface area contributed by atoms with Gasteiger partial charge >= 0.3 is 0 Å². The maximum Gasteiger partial charge on any atom is 0.240 e. The number of carbonyl (C=O) groups excluding carboxylic acids is 1. The summed E-state index contributed by atoms with van der Waals surface area (Å²) in [5.74, 6) is -0.179. The minimum atomic E-state index is -0.931. The fourth-order valence-corrected chi connectivity index (χ4v) is 1.85. The molecular formula is C12H21N3O. The molecule has 4 nitrogen and oxygen atoms in total. The van der Waals surface area contributed by atoms with Crippen molar-refractivity contribution in [2.45, 2.75) is 39.7 Å². The van der Waals surface area contributed by atoms with Crippen LogP contribution in [0.4, 0.5) is 0 Å². The van der Waals surface area contributed by atoms with E-state index in [1.54, 1.807) is 13.8 Å². The molecule has 1 aliphatic rings. The first-order valence-electron chi connectivity index (χ1n) is 5.90. The highest BCUT2D eigenvalue weighted by Gasteiger charge is 2.28. The molecule has 1 rings (SSSR count). The van der Waals surface area contributed by atoms with E-state index >= 15 is 0 Å². The molecule has 16 heavy (non-hydrogen) atoms. The van der Waals surface area contributed by atoms with Crippen molar-refractivity contribution >= 4 is 5.91 Å². The Hall–Kier alpha value is -1.08. The molecule has 1 N–H and O–H groups in total. The van der Waals surface area contributed by atoms with E-state index in [0.29, 0.717) is 0 Å². The second-order valence-corrected chi connectivity index (χ2v) is 5.12. The summed E-state index contributed by atoms with van der Waals surface area (Å²) >= 11 is 0. The van der Waals surface area contributed by atoms with Crippen molar-refractivity contribution in [1.29, 1.82) is 5.26 Å². The Bertz CT molecular complexity index is 287. The van der Waals surface area contributed by atoms with E-state index in [-0.39, 0.29) is 11.9 Å². The summed E-state index contributed by atoms with van der Waals surface area (Å²) in [7, 11) is 0. The van der Waals surface area contributed by atoms with Crippen molar-refractivity contribution in [1.82, 2.24) is 10.2 Å². The molecule has 1 saturated heterocycles. The quantitative estimate of drug-likeness (QED) is 0.777. The highest BCUT2D eigenvalue weighted by molar-refractivity contribution is 5.84. The summed E-state index contributed by atoms with van der Waals surface area (Å²) in [6, 6.07) is 2.12. The summed E-state index contributed by atoms with van der Waals surface area (Å²) in [5, 5.41) is 11.7. The SMILES string of the molecule is CC(CN1CCCC1)NC(=O)C(C)(C)C#N. The zero-order valence-electron chi connectivity index (χ0n) is 10.4. The van der Waals surface area contributed by atoms with Crippen molar-refractivity contribution in [2.75, 3.05) is 19.6 Å². The van der Waals surface area contributed by atoms with E-state index < -0.39 is 5.41 Å². The minimum Gasteiger partial charge on any atom is -0.351 e. The average Bonchev–Trinajstić information content (AvgIpc) is 2.70. The van der Waals surface area contributed by atoms with Gasteiger partial charge in [0.25, 0.3) is 0 Å². The highest BCUT2D eigenvalue weighted by atomic mass is 16.2. The van der Waals surface area contributed by atoms with Gasteiger partial charge in [-0.15, -0.1) is 0 Å². The number of amides is 1. The molecule has 1 heterocycles. The normalized spacial score (nSPS) is 19.1. The molecular weight excluding hydrogens is 202 g/mol. The Labute approximate surface area is 97.6 Å². The molecule has 0 saturated carbocycles. The third kappa shape index (κ3) is 3.49. The van der Waals surface area contributed by atoms with Crippen LogP contribution in [-0.2, 0) is 4.79 Å². The highest BCUT2D eigenvalue weighted by Crippen LogP contribution is 2.13. The third-order valence-corrected chi connectivity index (χ3v) is 2.96. The molecule has 0 spiro atoms. The summed E-state index contributed by atoms with van der Waals surface area (Å²) in [6.07, 6.45) is 2.51. The molecule has 0 radical (unpaired) electrons. The monoisotopic (exact) mass is 223 g/mol. The zero-order chi connectivity index (χ0) is 12.2. The lowest BCUT2D eigenvalue weighted by Gasteiger charge is -2.24. The van der Waals surface area contributed by atoms with Gasteiger partial charge in [-0.1, -0.05) is 0 Å². The number of nitriles is 1. The van der Waals surface area contributed by atoms with Crippen molar-refractivity contribution in [3.63, 3.8) is 0 Å². The van der Waals surface area contributed by atoms with Gasteiger partial charge in [-0.05, 0) is 46.7 Å². The molecule has 4 heteroatoms. The summed E-state index contributed by atoms with van der Waals surface area (Å²) in [5.41, 5.74) is -0.931. The van der Waals surface area contributed by atoms with E-state index in [4.69, 9.17) is 5.26 Å². The lowest BCUT2D eigenvalue weighted by molar-refractivity contribution is -0.127. The van der Waals surface area contributed by atoms with Gasteiger partial charge in [0, 0.05) is 12.6 Å². The molecule has 90 valence electrons. The summed E-state index contributed by atoms with van der Waals surface area (Å²) in [4.78, 5) is 14.1. The third-order valence-electron chi connectivity index (χ3n) is 2.96. The smallest absolute Gasteiger partial charge is 0.240 e. The van der Waals surface area contributed by atoms with Gasteiger partial charge in [0.15, 0.2) is 0 Å².